The van der Waals surface area contributed by atoms with Crippen LogP contribution in [-0.2, 0) is 4.74 Å². The van der Waals surface area contributed by atoms with Gasteiger partial charge >= 0.3 is 0 Å². The fourth-order valence-electron chi connectivity index (χ4n) is 2.00. The van der Waals surface area contributed by atoms with Gasteiger partial charge in [0.15, 0.2) is 0 Å². The van der Waals surface area contributed by atoms with Crippen LogP contribution in [0.3, 0.4) is 0 Å². The summed E-state index contributed by atoms with van der Waals surface area (Å²) in [5.74, 6) is 0.897. The van der Waals surface area contributed by atoms with Gasteiger partial charge in [0, 0.05) is 18.7 Å². The smallest absolute Gasteiger partial charge is 0.0726 e. The third-order valence-electron chi connectivity index (χ3n) is 3.11. The molecule has 0 radical (unpaired) electrons. The van der Waals surface area contributed by atoms with Crippen LogP contribution in [0, 0.1) is 5.92 Å². The van der Waals surface area contributed by atoms with Gasteiger partial charge in [-0.15, -0.1) is 0 Å². The van der Waals surface area contributed by atoms with Gasteiger partial charge in [-0.25, -0.2) is 0 Å². The van der Waals surface area contributed by atoms with Gasteiger partial charge in [0.1, 0.15) is 0 Å². The van der Waals surface area contributed by atoms with Crippen LogP contribution >= 0.6 is 0 Å². The molecule has 1 heterocycles. The van der Waals surface area contributed by atoms with Gasteiger partial charge in [-0.1, -0.05) is 6.92 Å². The van der Waals surface area contributed by atoms with Crippen LogP contribution in [0.5, 0.6) is 0 Å². The molecule has 0 amide bonds. The quantitative estimate of drug-likeness (QED) is 0.692. The number of rotatable bonds is 3. The van der Waals surface area contributed by atoms with Crippen LogP contribution in [0.2, 0.25) is 0 Å². The number of nitrogens with one attached hydrogen (secondary N) is 1. The average Bonchev–Trinajstić information content (AvgIpc) is 2.58. The zero-order valence-electron chi connectivity index (χ0n) is 8.05. The summed E-state index contributed by atoms with van der Waals surface area (Å²) in [5, 5.41) is 3.62. The van der Waals surface area contributed by atoms with E-state index in [0.717, 1.165) is 18.6 Å². The maximum absolute atomic E-state index is 5.62. The van der Waals surface area contributed by atoms with Crippen LogP contribution in [0.1, 0.15) is 33.1 Å². The van der Waals surface area contributed by atoms with Gasteiger partial charge in [-0.2, -0.15) is 0 Å². The molecule has 1 saturated carbocycles. The van der Waals surface area contributed by atoms with E-state index in [1.807, 2.05) is 0 Å². The molecule has 0 aromatic carbocycles. The molecule has 12 heavy (non-hydrogen) atoms. The van der Waals surface area contributed by atoms with Crippen molar-refractivity contribution < 1.29 is 4.74 Å². The molecule has 0 aromatic rings. The summed E-state index contributed by atoms with van der Waals surface area (Å²) in [5.41, 5.74) is 0. The molecule has 70 valence electrons. The van der Waals surface area contributed by atoms with Gasteiger partial charge in [0.2, 0.25) is 0 Å². The Bertz CT molecular complexity index is 154. The second-order valence-electron chi connectivity index (χ2n) is 4.33. The van der Waals surface area contributed by atoms with Crippen molar-refractivity contribution in [2.75, 3.05) is 6.61 Å². The normalized spacial score (nSPS) is 43.0. The second kappa shape index (κ2) is 3.35. The fraction of sp³-hybridized carbons (Fsp3) is 1.00. The minimum absolute atomic E-state index is 0.484. The van der Waals surface area contributed by atoms with E-state index in [4.69, 9.17) is 4.74 Å². The standard InChI is InChI=1S/C10H19NO/c1-7-6-9(7)11-8(2)10-4-3-5-12-10/h7-11H,3-6H2,1-2H3. The lowest BCUT2D eigenvalue weighted by molar-refractivity contribution is 0.0827. The Balaban J connectivity index is 1.72. The van der Waals surface area contributed by atoms with E-state index in [0.29, 0.717) is 12.1 Å². The van der Waals surface area contributed by atoms with E-state index in [1.54, 1.807) is 0 Å². The molecule has 4 unspecified atom stereocenters. The van der Waals surface area contributed by atoms with Crippen LogP contribution in [0.15, 0.2) is 0 Å². The SMILES string of the molecule is CC1CC1NC(C)C1CCCO1. The van der Waals surface area contributed by atoms with Crippen molar-refractivity contribution in [1.82, 2.24) is 5.32 Å². The van der Waals surface area contributed by atoms with E-state index < -0.39 is 0 Å². The fourth-order valence-corrected chi connectivity index (χ4v) is 2.00. The topological polar surface area (TPSA) is 21.3 Å². The van der Waals surface area contributed by atoms with Crippen molar-refractivity contribution in [3.8, 4) is 0 Å². The lowest BCUT2D eigenvalue weighted by Crippen LogP contribution is -2.38. The van der Waals surface area contributed by atoms with Crippen molar-refractivity contribution in [1.29, 1.82) is 0 Å². The third kappa shape index (κ3) is 1.80. The highest BCUT2D eigenvalue weighted by Gasteiger charge is 2.35. The molecular formula is C10H19NO. The predicted molar refractivity (Wildman–Crippen MR) is 49.1 cm³/mol. The molecule has 2 heteroatoms. The summed E-state index contributed by atoms with van der Waals surface area (Å²) in [6.45, 7) is 5.53. The average molecular weight is 169 g/mol. The Labute approximate surface area is 74.7 Å². The summed E-state index contributed by atoms with van der Waals surface area (Å²) in [6.07, 6.45) is 4.33. The highest BCUT2D eigenvalue weighted by Crippen LogP contribution is 2.30. The second-order valence-corrected chi connectivity index (χ2v) is 4.33. The zero-order valence-corrected chi connectivity index (χ0v) is 8.05. The molecule has 0 aromatic heterocycles. The third-order valence-corrected chi connectivity index (χ3v) is 3.11. The van der Waals surface area contributed by atoms with Gasteiger partial charge < -0.3 is 10.1 Å². The highest BCUT2D eigenvalue weighted by atomic mass is 16.5. The van der Waals surface area contributed by atoms with Crippen molar-refractivity contribution in [2.45, 2.75) is 51.3 Å². The minimum atomic E-state index is 0.484. The van der Waals surface area contributed by atoms with E-state index in [2.05, 4.69) is 19.2 Å². The van der Waals surface area contributed by atoms with E-state index in [1.165, 1.54) is 19.3 Å². The molecule has 0 bridgehead atoms. The van der Waals surface area contributed by atoms with E-state index in [9.17, 15) is 0 Å². The number of hydrogen-bond acceptors (Lipinski definition) is 2. The van der Waals surface area contributed by atoms with Gasteiger partial charge in [-0.3, -0.25) is 0 Å². The Kier molecular flexibility index (Phi) is 2.37. The summed E-state index contributed by atoms with van der Waals surface area (Å²) in [6, 6.07) is 1.34. The first-order valence-corrected chi connectivity index (χ1v) is 5.15. The van der Waals surface area contributed by atoms with Crippen molar-refractivity contribution in [3.05, 3.63) is 0 Å². The van der Waals surface area contributed by atoms with Crippen molar-refractivity contribution in [2.24, 2.45) is 5.92 Å². The molecule has 1 N–H and O–H groups in total. The van der Waals surface area contributed by atoms with Gasteiger partial charge in [0.05, 0.1) is 6.10 Å². The summed E-state index contributed by atoms with van der Waals surface area (Å²) < 4.78 is 5.62. The van der Waals surface area contributed by atoms with E-state index >= 15 is 0 Å². The Morgan fingerprint density at radius 3 is 2.75 bits per heavy atom. The van der Waals surface area contributed by atoms with Gasteiger partial charge in [-0.05, 0) is 32.1 Å². The van der Waals surface area contributed by atoms with Crippen LogP contribution in [0.25, 0.3) is 0 Å². The molecule has 2 fully saturated rings. The lowest BCUT2D eigenvalue weighted by atomic mass is 10.1. The summed E-state index contributed by atoms with van der Waals surface area (Å²) in [4.78, 5) is 0. The van der Waals surface area contributed by atoms with Crippen molar-refractivity contribution >= 4 is 0 Å². The largest absolute Gasteiger partial charge is 0.377 e. The summed E-state index contributed by atoms with van der Waals surface area (Å²) in [7, 11) is 0. The molecule has 1 aliphatic carbocycles. The number of hydrogen-bond donors (Lipinski definition) is 1. The predicted octanol–water partition coefficient (Wildman–Crippen LogP) is 1.55. The Morgan fingerprint density at radius 1 is 1.50 bits per heavy atom. The first kappa shape index (κ1) is 8.52. The van der Waals surface area contributed by atoms with Crippen molar-refractivity contribution in [3.63, 3.8) is 0 Å². The first-order valence-electron chi connectivity index (χ1n) is 5.15. The summed E-state index contributed by atoms with van der Waals surface area (Å²) >= 11 is 0. The molecule has 1 aliphatic heterocycles. The lowest BCUT2D eigenvalue weighted by Gasteiger charge is -2.19. The molecule has 2 nitrogen and oxygen atoms in total. The Hall–Kier alpha value is -0.0800. The molecule has 2 aliphatic rings. The Morgan fingerprint density at radius 2 is 2.25 bits per heavy atom. The van der Waals surface area contributed by atoms with E-state index in [-0.39, 0.29) is 0 Å². The van der Waals surface area contributed by atoms with Crippen LogP contribution < -0.4 is 5.32 Å². The first-order chi connectivity index (χ1) is 5.77. The molecule has 4 atom stereocenters. The molecule has 0 spiro atoms. The zero-order chi connectivity index (χ0) is 8.55. The number of ether oxygens (including phenoxy) is 1. The van der Waals surface area contributed by atoms with Gasteiger partial charge in [0.25, 0.3) is 0 Å². The maximum Gasteiger partial charge on any atom is 0.0726 e. The minimum Gasteiger partial charge on any atom is -0.377 e. The molecule has 1 saturated heterocycles. The monoisotopic (exact) mass is 169 g/mol. The molecular weight excluding hydrogens is 150 g/mol. The highest BCUT2D eigenvalue weighted by molar-refractivity contribution is 4.93. The maximum atomic E-state index is 5.62. The molecule has 2 rings (SSSR count). The van der Waals surface area contributed by atoms with Crippen LogP contribution in [-0.4, -0.2) is 24.8 Å². The van der Waals surface area contributed by atoms with Crippen LogP contribution in [0.4, 0.5) is 0 Å².